The Labute approximate surface area is 87.8 Å². The summed E-state index contributed by atoms with van der Waals surface area (Å²) in [6.45, 7) is 8.29. The molecule has 0 aromatic carbocycles. The fraction of sp³-hybridized carbons (Fsp3) is 1.00. The molecule has 1 saturated heterocycles. The van der Waals surface area contributed by atoms with Crippen LogP contribution in [0.4, 0.5) is 0 Å². The topological polar surface area (TPSA) is 24.1 Å². The van der Waals surface area contributed by atoms with Crippen LogP contribution in [0, 0.1) is 11.8 Å². The molecule has 0 aromatic heterocycles. The Hall–Kier alpha value is -0.0800. The van der Waals surface area contributed by atoms with Crippen LogP contribution < -0.4 is 10.6 Å². The first-order valence-corrected chi connectivity index (χ1v) is 6.21. The molecule has 0 spiro atoms. The predicted octanol–water partition coefficient (Wildman–Crippen LogP) is 1.76. The lowest BCUT2D eigenvalue weighted by Gasteiger charge is -2.28. The zero-order valence-electron chi connectivity index (χ0n) is 9.60. The van der Waals surface area contributed by atoms with Crippen molar-refractivity contribution in [3.63, 3.8) is 0 Å². The maximum absolute atomic E-state index is 3.66. The molecule has 2 nitrogen and oxygen atoms in total. The van der Waals surface area contributed by atoms with Crippen molar-refractivity contribution in [2.45, 2.75) is 45.1 Å². The molecule has 3 unspecified atom stereocenters. The maximum atomic E-state index is 3.66. The molecule has 2 aliphatic rings. The van der Waals surface area contributed by atoms with Crippen LogP contribution in [-0.4, -0.2) is 25.2 Å². The lowest BCUT2D eigenvalue weighted by molar-refractivity contribution is 0.338. The third-order valence-corrected chi connectivity index (χ3v) is 4.15. The lowest BCUT2D eigenvalue weighted by atomic mass is 9.94. The number of hydrogen-bond acceptors (Lipinski definition) is 2. The molecule has 3 atom stereocenters. The quantitative estimate of drug-likeness (QED) is 0.700. The third-order valence-electron chi connectivity index (χ3n) is 4.15. The van der Waals surface area contributed by atoms with Gasteiger partial charge in [-0.25, -0.2) is 0 Å². The van der Waals surface area contributed by atoms with Crippen molar-refractivity contribution < 1.29 is 0 Å². The molecular formula is C12H24N2. The van der Waals surface area contributed by atoms with E-state index in [0.29, 0.717) is 5.54 Å². The molecule has 2 N–H and O–H groups in total. The van der Waals surface area contributed by atoms with Crippen molar-refractivity contribution >= 4 is 0 Å². The van der Waals surface area contributed by atoms with Gasteiger partial charge in [-0.2, -0.15) is 0 Å². The number of nitrogens with one attached hydrogen (secondary N) is 2. The van der Waals surface area contributed by atoms with Crippen LogP contribution in [0.1, 0.15) is 39.5 Å². The molecule has 2 rings (SSSR count). The van der Waals surface area contributed by atoms with Crippen molar-refractivity contribution in [2.75, 3.05) is 19.6 Å². The van der Waals surface area contributed by atoms with Gasteiger partial charge in [0.15, 0.2) is 0 Å². The van der Waals surface area contributed by atoms with Crippen LogP contribution in [0.15, 0.2) is 0 Å². The first kappa shape index (κ1) is 10.4. The third kappa shape index (κ3) is 2.29. The van der Waals surface area contributed by atoms with Crippen molar-refractivity contribution in [2.24, 2.45) is 11.8 Å². The van der Waals surface area contributed by atoms with E-state index < -0.39 is 0 Å². The summed E-state index contributed by atoms with van der Waals surface area (Å²) in [4.78, 5) is 0. The molecule has 14 heavy (non-hydrogen) atoms. The van der Waals surface area contributed by atoms with Crippen molar-refractivity contribution in [1.82, 2.24) is 10.6 Å². The highest BCUT2D eigenvalue weighted by molar-refractivity contribution is 4.94. The van der Waals surface area contributed by atoms with E-state index in [0.717, 1.165) is 11.8 Å². The van der Waals surface area contributed by atoms with Gasteiger partial charge in [0.05, 0.1) is 0 Å². The molecule has 0 amide bonds. The summed E-state index contributed by atoms with van der Waals surface area (Å²) >= 11 is 0. The number of hydrogen-bond donors (Lipinski definition) is 2. The van der Waals surface area contributed by atoms with E-state index in [1.165, 1.54) is 45.3 Å². The van der Waals surface area contributed by atoms with Gasteiger partial charge in [-0.05, 0) is 50.6 Å². The van der Waals surface area contributed by atoms with Crippen LogP contribution in [0.5, 0.6) is 0 Å². The second-order valence-electron chi connectivity index (χ2n) is 5.27. The fourth-order valence-electron chi connectivity index (χ4n) is 2.63. The monoisotopic (exact) mass is 196 g/mol. The van der Waals surface area contributed by atoms with Gasteiger partial charge >= 0.3 is 0 Å². The van der Waals surface area contributed by atoms with Gasteiger partial charge in [0, 0.05) is 12.1 Å². The lowest BCUT2D eigenvalue weighted by Crippen LogP contribution is -2.48. The van der Waals surface area contributed by atoms with E-state index in [-0.39, 0.29) is 0 Å². The summed E-state index contributed by atoms with van der Waals surface area (Å²) in [6.07, 6.45) is 5.42. The Kier molecular flexibility index (Phi) is 3.13. The second kappa shape index (κ2) is 4.19. The molecule has 0 bridgehead atoms. The van der Waals surface area contributed by atoms with Crippen LogP contribution >= 0.6 is 0 Å². The Balaban J connectivity index is 1.67. The van der Waals surface area contributed by atoms with E-state index in [9.17, 15) is 0 Å². The molecule has 2 fully saturated rings. The molecule has 1 saturated carbocycles. The molecule has 0 aromatic rings. The van der Waals surface area contributed by atoms with Crippen LogP contribution in [0.25, 0.3) is 0 Å². The van der Waals surface area contributed by atoms with Crippen molar-refractivity contribution in [1.29, 1.82) is 0 Å². The highest BCUT2D eigenvalue weighted by atomic mass is 15.1. The largest absolute Gasteiger partial charge is 0.315 e. The maximum Gasteiger partial charge on any atom is 0.0304 e. The first-order valence-electron chi connectivity index (χ1n) is 6.21. The number of rotatable bonds is 5. The van der Waals surface area contributed by atoms with Crippen LogP contribution in [0.3, 0.4) is 0 Å². The second-order valence-corrected chi connectivity index (χ2v) is 5.27. The summed E-state index contributed by atoms with van der Waals surface area (Å²) in [6, 6.07) is 0. The predicted molar refractivity (Wildman–Crippen MR) is 60.4 cm³/mol. The molecular weight excluding hydrogens is 172 g/mol. The van der Waals surface area contributed by atoms with Crippen molar-refractivity contribution in [3.8, 4) is 0 Å². The Morgan fingerprint density at radius 3 is 2.79 bits per heavy atom. The highest BCUT2D eigenvalue weighted by Crippen LogP contribution is 2.36. The van der Waals surface area contributed by atoms with E-state index in [1.54, 1.807) is 0 Å². The van der Waals surface area contributed by atoms with Gasteiger partial charge in [-0.1, -0.05) is 13.8 Å². The van der Waals surface area contributed by atoms with Crippen LogP contribution in [-0.2, 0) is 0 Å². The summed E-state index contributed by atoms with van der Waals surface area (Å²) in [5, 5.41) is 7.31. The SMILES string of the molecule is CCC1(CNCC2CC2C)CCCN1. The van der Waals surface area contributed by atoms with Gasteiger partial charge in [0.1, 0.15) is 0 Å². The minimum Gasteiger partial charge on any atom is -0.315 e. The normalized spacial score (nSPS) is 41.6. The van der Waals surface area contributed by atoms with E-state index in [2.05, 4.69) is 24.5 Å². The van der Waals surface area contributed by atoms with Gasteiger partial charge in [-0.3, -0.25) is 0 Å². The summed E-state index contributed by atoms with van der Waals surface area (Å²) in [5.74, 6) is 1.96. The van der Waals surface area contributed by atoms with E-state index in [1.807, 2.05) is 0 Å². The fourth-order valence-corrected chi connectivity index (χ4v) is 2.63. The zero-order chi connectivity index (χ0) is 10.0. The molecule has 82 valence electrons. The summed E-state index contributed by atoms with van der Waals surface area (Å²) in [5.41, 5.74) is 0.429. The molecule has 1 aliphatic heterocycles. The smallest absolute Gasteiger partial charge is 0.0304 e. The molecule has 2 heteroatoms. The average Bonchev–Trinajstić information content (AvgIpc) is 2.71. The van der Waals surface area contributed by atoms with Gasteiger partial charge in [0.25, 0.3) is 0 Å². The minimum absolute atomic E-state index is 0.429. The minimum atomic E-state index is 0.429. The average molecular weight is 196 g/mol. The molecule has 1 aliphatic carbocycles. The summed E-state index contributed by atoms with van der Waals surface area (Å²) < 4.78 is 0. The van der Waals surface area contributed by atoms with E-state index >= 15 is 0 Å². The van der Waals surface area contributed by atoms with Crippen molar-refractivity contribution in [3.05, 3.63) is 0 Å². The Morgan fingerprint density at radius 1 is 1.50 bits per heavy atom. The highest BCUT2D eigenvalue weighted by Gasteiger charge is 2.34. The first-order chi connectivity index (χ1) is 6.76. The Morgan fingerprint density at radius 2 is 2.29 bits per heavy atom. The van der Waals surface area contributed by atoms with Gasteiger partial charge in [0.2, 0.25) is 0 Å². The van der Waals surface area contributed by atoms with Crippen LogP contribution in [0.2, 0.25) is 0 Å². The van der Waals surface area contributed by atoms with Gasteiger partial charge < -0.3 is 10.6 Å². The van der Waals surface area contributed by atoms with Gasteiger partial charge in [-0.15, -0.1) is 0 Å². The molecule has 0 radical (unpaired) electrons. The zero-order valence-corrected chi connectivity index (χ0v) is 9.60. The van der Waals surface area contributed by atoms with E-state index in [4.69, 9.17) is 0 Å². The molecule has 1 heterocycles. The standard InChI is InChI=1S/C12H24N2/c1-3-12(5-4-6-14-12)9-13-8-11-7-10(11)2/h10-11,13-14H,3-9H2,1-2H3. The summed E-state index contributed by atoms with van der Waals surface area (Å²) in [7, 11) is 0. The Bertz CT molecular complexity index is 185.